The molecule has 0 aromatic heterocycles. The zero-order valence-electron chi connectivity index (χ0n) is 22.2. The molecule has 2 aliphatic rings. The minimum Gasteiger partial charge on any atom is -0.508 e. The molecule has 0 bridgehead atoms. The van der Waals surface area contributed by atoms with Gasteiger partial charge in [0.2, 0.25) is 0 Å². The fourth-order valence-corrected chi connectivity index (χ4v) is 4.45. The lowest BCUT2D eigenvalue weighted by Gasteiger charge is -2.23. The van der Waals surface area contributed by atoms with Crippen LogP contribution in [0.5, 0.6) is 5.75 Å². The monoisotopic (exact) mass is 528 g/mol. The number of phenolic OH excluding ortho intramolecular Hbond substituents is 1. The summed E-state index contributed by atoms with van der Waals surface area (Å²) >= 11 is 0. The molecule has 2 aromatic carbocycles. The molecule has 2 aromatic rings. The molecule has 4 rings (SSSR count). The molecule has 0 unspecified atom stereocenters. The smallest absolute Gasteiger partial charge is 0.339 e. The van der Waals surface area contributed by atoms with Crippen LogP contribution in [0, 0.1) is 6.92 Å². The zero-order valence-corrected chi connectivity index (χ0v) is 23.1. The highest BCUT2D eigenvalue weighted by atomic mass is 31.1. The third kappa shape index (κ3) is 11.9. The largest absolute Gasteiger partial charge is 0.508 e. The van der Waals surface area contributed by atoms with Crippen molar-refractivity contribution >= 4 is 20.4 Å². The van der Waals surface area contributed by atoms with Gasteiger partial charge in [-0.05, 0) is 89.0 Å². The summed E-state index contributed by atoms with van der Waals surface area (Å²) in [7, 11) is 0.280. The van der Waals surface area contributed by atoms with Gasteiger partial charge in [0.25, 0.3) is 0 Å². The molecule has 0 aliphatic heterocycles. The Hall–Kier alpha value is -2.72. The number of rotatable bonds is 6. The molecular formula is C30H41O6P. The van der Waals surface area contributed by atoms with Crippen molar-refractivity contribution in [3.8, 4) is 5.75 Å². The van der Waals surface area contributed by atoms with E-state index in [4.69, 9.17) is 14.6 Å². The number of carbonyl (C=O) groups is 2. The van der Waals surface area contributed by atoms with Gasteiger partial charge in [-0.3, -0.25) is 4.57 Å². The van der Waals surface area contributed by atoms with Gasteiger partial charge in [0.15, 0.2) is 8.46 Å². The first-order valence-corrected chi connectivity index (χ1v) is 14.5. The Morgan fingerprint density at radius 2 is 1.22 bits per heavy atom. The number of esters is 2. The van der Waals surface area contributed by atoms with Crippen molar-refractivity contribution in [3.63, 3.8) is 0 Å². The summed E-state index contributed by atoms with van der Waals surface area (Å²) in [6.07, 6.45) is 12.3. The van der Waals surface area contributed by atoms with Crippen molar-refractivity contribution in [2.24, 2.45) is 0 Å². The van der Waals surface area contributed by atoms with E-state index in [2.05, 4.69) is 0 Å². The van der Waals surface area contributed by atoms with Gasteiger partial charge in [-0.15, -0.1) is 0 Å². The third-order valence-corrected chi connectivity index (χ3v) is 7.00. The molecule has 2 fully saturated rings. The molecule has 0 saturated heterocycles. The molecule has 0 spiro atoms. The Balaban J connectivity index is 0.000000304. The van der Waals surface area contributed by atoms with E-state index in [1.54, 1.807) is 36.4 Å². The van der Waals surface area contributed by atoms with Crippen LogP contribution < -0.4 is 0 Å². The summed E-state index contributed by atoms with van der Waals surface area (Å²) in [4.78, 5) is 25.0. The van der Waals surface area contributed by atoms with Gasteiger partial charge in [0.05, 0.1) is 11.1 Å². The number of aryl methyl sites for hydroxylation is 1. The molecule has 0 heterocycles. The fraction of sp³-hybridized carbons (Fsp3) is 0.533. The standard InChI is InChI=1S/C20H26O4.C7H8O.C3H7OP/c21-19(23-15-9-3-1-4-10-15)17-13-7-8-14-18(17)20(22)24-16-11-5-2-6-12-16;1-6-2-4-7(8)5-3-6;1-2-3-5-4/h7-8,13-16H,1-6,9-12H2;2-5,8H,1H3;2-3H2,1H3. The average molecular weight is 529 g/mol. The number of ether oxygens (including phenoxy) is 2. The SMILES string of the molecule is CCCP=O.Cc1ccc(O)cc1.O=C(OC1CCCCC1)c1ccccc1C(=O)OC1CCCCC1. The number of hydrogen-bond acceptors (Lipinski definition) is 6. The average Bonchev–Trinajstić information content (AvgIpc) is 2.93. The highest BCUT2D eigenvalue weighted by Crippen LogP contribution is 2.24. The summed E-state index contributed by atoms with van der Waals surface area (Å²) in [5, 5.41) is 8.76. The molecule has 7 heteroatoms. The first-order chi connectivity index (χ1) is 17.9. The minimum atomic E-state index is -0.405. The van der Waals surface area contributed by atoms with Crippen molar-refractivity contribution in [1.82, 2.24) is 0 Å². The molecule has 37 heavy (non-hydrogen) atoms. The van der Waals surface area contributed by atoms with Crippen molar-refractivity contribution < 1.29 is 28.7 Å². The van der Waals surface area contributed by atoms with Crippen LogP contribution in [0.3, 0.4) is 0 Å². The lowest BCUT2D eigenvalue weighted by Crippen LogP contribution is -2.24. The second kappa shape index (κ2) is 17.7. The summed E-state index contributed by atoms with van der Waals surface area (Å²) < 4.78 is 20.7. The predicted octanol–water partition coefficient (Wildman–Crippen LogP) is 8.05. The van der Waals surface area contributed by atoms with Gasteiger partial charge in [-0.25, -0.2) is 9.59 Å². The predicted molar refractivity (Wildman–Crippen MR) is 147 cm³/mol. The molecule has 0 radical (unpaired) electrons. The molecular weight excluding hydrogens is 487 g/mol. The maximum atomic E-state index is 12.5. The molecule has 0 amide bonds. The highest BCUT2D eigenvalue weighted by molar-refractivity contribution is 7.23. The molecule has 202 valence electrons. The maximum Gasteiger partial charge on any atom is 0.339 e. The molecule has 6 nitrogen and oxygen atoms in total. The van der Waals surface area contributed by atoms with Crippen molar-refractivity contribution in [2.45, 2.75) is 96.7 Å². The van der Waals surface area contributed by atoms with Crippen LogP contribution in [0.2, 0.25) is 0 Å². The summed E-state index contributed by atoms with van der Waals surface area (Å²) in [6, 6.07) is 13.9. The first-order valence-electron chi connectivity index (χ1n) is 13.5. The van der Waals surface area contributed by atoms with E-state index in [9.17, 15) is 14.2 Å². The first kappa shape index (κ1) is 30.5. The molecule has 1 N–H and O–H groups in total. The van der Waals surface area contributed by atoms with E-state index in [1.807, 2.05) is 26.0 Å². The normalized spacial score (nSPS) is 15.9. The van der Waals surface area contributed by atoms with Crippen molar-refractivity contribution in [3.05, 3.63) is 65.2 Å². The Labute approximate surface area is 223 Å². The topological polar surface area (TPSA) is 89.9 Å². The van der Waals surface area contributed by atoms with E-state index in [0.717, 1.165) is 63.9 Å². The molecule has 2 aliphatic carbocycles. The van der Waals surface area contributed by atoms with E-state index in [1.165, 1.54) is 18.4 Å². The maximum absolute atomic E-state index is 12.5. The number of carbonyl (C=O) groups excluding carboxylic acids is 2. The Bertz CT molecular complexity index is 875. The number of hydrogen-bond donors (Lipinski definition) is 1. The van der Waals surface area contributed by atoms with Gasteiger partial charge in [0.1, 0.15) is 18.0 Å². The van der Waals surface area contributed by atoms with Gasteiger partial charge in [0, 0.05) is 6.16 Å². The Kier molecular flexibility index (Phi) is 14.6. The van der Waals surface area contributed by atoms with Crippen LogP contribution in [-0.2, 0) is 14.0 Å². The van der Waals surface area contributed by atoms with Gasteiger partial charge >= 0.3 is 11.9 Å². The van der Waals surface area contributed by atoms with E-state index in [0.29, 0.717) is 16.9 Å². The van der Waals surface area contributed by atoms with E-state index < -0.39 is 11.9 Å². The van der Waals surface area contributed by atoms with Gasteiger partial charge in [-0.1, -0.05) is 49.6 Å². The van der Waals surface area contributed by atoms with E-state index >= 15 is 0 Å². The van der Waals surface area contributed by atoms with Crippen molar-refractivity contribution in [1.29, 1.82) is 0 Å². The summed E-state index contributed by atoms with van der Waals surface area (Å²) in [5.41, 5.74) is 1.82. The number of benzene rings is 2. The molecule has 2 saturated carbocycles. The van der Waals surface area contributed by atoms with Gasteiger partial charge < -0.3 is 14.6 Å². The summed E-state index contributed by atoms with van der Waals surface area (Å²) in [6.45, 7) is 3.99. The van der Waals surface area contributed by atoms with Crippen LogP contribution in [0.1, 0.15) is 104 Å². The second-order valence-electron chi connectivity index (χ2n) is 9.56. The van der Waals surface area contributed by atoms with Crippen LogP contribution in [-0.4, -0.2) is 35.4 Å². The lowest BCUT2D eigenvalue weighted by atomic mass is 9.97. The fourth-order valence-electron chi connectivity index (χ4n) is 4.27. The highest BCUT2D eigenvalue weighted by Gasteiger charge is 2.25. The molecule has 0 atom stereocenters. The Morgan fingerprint density at radius 1 is 0.784 bits per heavy atom. The Morgan fingerprint density at radius 3 is 1.54 bits per heavy atom. The number of phenols is 1. The van der Waals surface area contributed by atoms with Crippen LogP contribution in [0.15, 0.2) is 48.5 Å². The third-order valence-electron chi connectivity index (χ3n) is 6.37. The van der Waals surface area contributed by atoms with Crippen molar-refractivity contribution in [2.75, 3.05) is 6.16 Å². The van der Waals surface area contributed by atoms with Gasteiger partial charge in [-0.2, -0.15) is 0 Å². The lowest BCUT2D eigenvalue weighted by molar-refractivity contribution is 0.0164. The van der Waals surface area contributed by atoms with Crippen LogP contribution in [0.25, 0.3) is 0 Å². The minimum absolute atomic E-state index is 0.0197. The van der Waals surface area contributed by atoms with E-state index in [-0.39, 0.29) is 20.7 Å². The summed E-state index contributed by atoms with van der Waals surface area (Å²) in [5.74, 6) is -0.480. The second-order valence-corrected chi connectivity index (χ2v) is 10.3. The van der Waals surface area contributed by atoms with Crippen LogP contribution in [0.4, 0.5) is 0 Å². The van der Waals surface area contributed by atoms with Crippen LogP contribution >= 0.6 is 8.46 Å². The zero-order chi connectivity index (χ0) is 26.9. The quantitative estimate of drug-likeness (QED) is 0.301. The number of aromatic hydroxyl groups is 1.